The molecule has 0 aromatic heterocycles. The number of nitrogens with two attached hydrogens (primary N) is 1. The Morgan fingerprint density at radius 1 is 1.33 bits per heavy atom. The molecule has 0 fully saturated rings. The number of likely N-dealkylation sites (N-methyl/N-ethyl adjacent to an activating group) is 1. The van der Waals surface area contributed by atoms with Crippen molar-refractivity contribution in [3.63, 3.8) is 0 Å². The molecule has 0 saturated carbocycles. The average molecular weight is 172 g/mol. The maximum absolute atomic E-state index is 11.3. The van der Waals surface area contributed by atoms with Crippen molar-refractivity contribution in [2.45, 2.75) is 33.2 Å². The summed E-state index contributed by atoms with van der Waals surface area (Å²) in [6, 6.07) is -0.273. The van der Waals surface area contributed by atoms with Crippen LogP contribution in [0.1, 0.15) is 27.2 Å². The molecule has 0 spiro atoms. The summed E-state index contributed by atoms with van der Waals surface area (Å²) in [5.74, 6) is 0.154. The Morgan fingerprint density at radius 2 is 1.83 bits per heavy atom. The summed E-state index contributed by atoms with van der Waals surface area (Å²) < 4.78 is 0. The zero-order valence-electron chi connectivity index (χ0n) is 8.34. The van der Waals surface area contributed by atoms with E-state index in [0.717, 1.165) is 19.5 Å². The molecule has 3 heteroatoms. The maximum Gasteiger partial charge on any atom is 0.163 e. The highest BCUT2D eigenvalue weighted by molar-refractivity contribution is 5.85. The molecular weight excluding hydrogens is 152 g/mol. The molecule has 72 valence electrons. The number of carbonyl (C=O) groups is 1. The van der Waals surface area contributed by atoms with Gasteiger partial charge in [0.05, 0.1) is 12.6 Å². The number of ketones is 1. The van der Waals surface area contributed by atoms with Crippen LogP contribution < -0.4 is 5.73 Å². The van der Waals surface area contributed by atoms with Gasteiger partial charge in [-0.1, -0.05) is 20.8 Å². The molecule has 0 saturated heterocycles. The van der Waals surface area contributed by atoms with Crippen molar-refractivity contribution in [3.05, 3.63) is 0 Å². The topological polar surface area (TPSA) is 46.3 Å². The van der Waals surface area contributed by atoms with Crippen molar-refractivity contribution >= 4 is 5.78 Å². The first-order valence-corrected chi connectivity index (χ1v) is 4.66. The van der Waals surface area contributed by atoms with Crippen molar-refractivity contribution < 1.29 is 4.79 Å². The van der Waals surface area contributed by atoms with E-state index >= 15 is 0 Å². The van der Waals surface area contributed by atoms with Gasteiger partial charge in [0.25, 0.3) is 0 Å². The minimum atomic E-state index is -0.273. The molecule has 0 heterocycles. The third kappa shape index (κ3) is 3.83. The summed E-state index contributed by atoms with van der Waals surface area (Å²) in [4.78, 5) is 13.4. The first kappa shape index (κ1) is 11.6. The Bertz CT molecular complexity index is 132. The first-order chi connectivity index (χ1) is 5.65. The Labute approximate surface area is 74.9 Å². The van der Waals surface area contributed by atoms with Gasteiger partial charge in [-0.3, -0.25) is 9.69 Å². The molecule has 0 radical (unpaired) electrons. The maximum atomic E-state index is 11.3. The van der Waals surface area contributed by atoms with E-state index in [-0.39, 0.29) is 11.8 Å². The van der Waals surface area contributed by atoms with Crippen LogP contribution in [0, 0.1) is 0 Å². The van der Waals surface area contributed by atoms with E-state index in [1.54, 1.807) is 0 Å². The fourth-order valence-electron chi connectivity index (χ4n) is 1.01. The van der Waals surface area contributed by atoms with Gasteiger partial charge >= 0.3 is 0 Å². The molecule has 0 aliphatic rings. The lowest BCUT2D eigenvalue weighted by atomic mass is 10.1. The highest BCUT2D eigenvalue weighted by atomic mass is 16.1. The van der Waals surface area contributed by atoms with E-state index in [0.29, 0.717) is 6.54 Å². The fraction of sp³-hybridized carbons (Fsp3) is 0.889. The van der Waals surface area contributed by atoms with E-state index in [9.17, 15) is 4.79 Å². The molecule has 0 aromatic rings. The van der Waals surface area contributed by atoms with Crippen LogP contribution in [0.5, 0.6) is 0 Å². The molecule has 12 heavy (non-hydrogen) atoms. The highest BCUT2D eigenvalue weighted by Gasteiger charge is 2.13. The minimum absolute atomic E-state index is 0.154. The lowest BCUT2D eigenvalue weighted by Gasteiger charge is -2.18. The second-order valence-electron chi connectivity index (χ2n) is 2.94. The summed E-state index contributed by atoms with van der Waals surface area (Å²) in [6.45, 7) is 8.37. The molecule has 0 aliphatic carbocycles. The Morgan fingerprint density at radius 3 is 2.17 bits per heavy atom. The number of nitrogens with zero attached hydrogens (tertiary/aromatic N) is 1. The van der Waals surface area contributed by atoms with Crippen molar-refractivity contribution in [2.24, 2.45) is 5.73 Å². The van der Waals surface area contributed by atoms with Gasteiger partial charge in [0, 0.05) is 0 Å². The number of rotatable bonds is 6. The van der Waals surface area contributed by atoms with Crippen molar-refractivity contribution in [1.82, 2.24) is 4.90 Å². The van der Waals surface area contributed by atoms with Crippen LogP contribution in [-0.4, -0.2) is 36.4 Å². The highest BCUT2D eigenvalue weighted by Crippen LogP contribution is 1.93. The Kier molecular flexibility index (Phi) is 5.93. The number of hydrogen-bond donors (Lipinski definition) is 1. The summed E-state index contributed by atoms with van der Waals surface area (Å²) in [5, 5.41) is 0. The lowest BCUT2D eigenvalue weighted by molar-refractivity contribution is -0.121. The van der Waals surface area contributed by atoms with E-state index in [1.807, 2.05) is 20.8 Å². The number of carbonyl (C=O) groups excluding carboxylic acids is 1. The van der Waals surface area contributed by atoms with Gasteiger partial charge in [0.15, 0.2) is 5.78 Å². The molecule has 1 unspecified atom stereocenters. The molecule has 0 amide bonds. The summed E-state index contributed by atoms with van der Waals surface area (Å²) >= 11 is 0. The monoisotopic (exact) mass is 172 g/mol. The average Bonchev–Trinajstić information content (AvgIpc) is 2.12. The molecule has 0 aromatic carbocycles. The standard InChI is InChI=1S/C9H20N2O/c1-4-8(10)9(12)7-11(5-2)6-3/h8H,4-7,10H2,1-3H3. The van der Waals surface area contributed by atoms with Crippen LogP contribution in [0.3, 0.4) is 0 Å². The van der Waals surface area contributed by atoms with Crippen LogP contribution >= 0.6 is 0 Å². The summed E-state index contributed by atoms with van der Waals surface area (Å²) in [5.41, 5.74) is 5.60. The lowest BCUT2D eigenvalue weighted by Crippen LogP contribution is -2.39. The fourth-order valence-corrected chi connectivity index (χ4v) is 1.01. The van der Waals surface area contributed by atoms with E-state index < -0.39 is 0 Å². The van der Waals surface area contributed by atoms with Gasteiger partial charge in [0.2, 0.25) is 0 Å². The largest absolute Gasteiger partial charge is 0.321 e. The Balaban J connectivity index is 3.81. The first-order valence-electron chi connectivity index (χ1n) is 4.66. The van der Waals surface area contributed by atoms with Crippen molar-refractivity contribution in [1.29, 1.82) is 0 Å². The third-order valence-corrected chi connectivity index (χ3v) is 2.13. The van der Waals surface area contributed by atoms with Gasteiger partial charge in [-0.2, -0.15) is 0 Å². The molecule has 1 atom stereocenters. The van der Waals surface area contributed by atoms with Crippen molar-refractivity contribution in [2.75, 3.05) is 19.6 Å². The van der Waals surface area contributed by atoms with Crippen LogP contribution in [0.4, 0.5) is 0 Å². The number of Topliss-reactive ketones (excluding diaryl/α,β-unsaturated/α-hetero) is 1. The minimum Gasteiger partial charge on any atom is -0.321 e. The quantitative estimate of drug-likeness (QED) is 0.639. The third-order valence-electron chi connectivity index (χ3n) is 2.13. The molecule has 0 aliphatic heterocycles. The van der Waals surface area contributed by atoms with Crippen molar-refractivity contribution in [3.8, 4) is 0 Å². The van der Waals surface area contributed by atoms with Gasteiger partial charge in [-0.25, -0.2) is 0 Å². The zero-order valence-corrected chi connectivity index (χ0v) is 8.34. The smallest absolute Gasteiger partial charge is 0.163 e. The van der Waals surface area contributed by atoms with Crippen LogP contribution in [0.15, 0.2) is 0 Å². The van der Waals surface area contributed by atoms with Gasteiger partial charge < -0.3 is 5.73 Å². The van der Waals surface area contributed by atoms with Crippen LogP contribution in [-0.2, 0) is 4.79 Å². The normalized spacial score (nSPS) is 13.4. The summed E-state index contributed by atoms with van der Waals surface area (Å²) in [6.07, 6.45) is 0.736. The predicted molar refractivity (Wildman–Crippen MR) is 51.1 cm³/mol. The second kappa shape index (κ2) is 6.14. The van der Waals surface area contributed by atoms with E-state index in [4.69, 9.17) is 5.73 Å². The van der Waals surface area contributed by atoms with E-state index in [1.165, 1.54) is 0 Å². The molecule has 3 nitrogen and oxygen atoms in total. The van der Waals surface area contributed by atoms with Gasteiger partial charge in [0.1, 0.15) is 0 Å². The zero-order chi connectivity index (χ0) is 9.56. The Hall–Kier alpha value is -0.410. The SMILES string of the molecule is CCC(N)C(=O)CN(CC)CC. The van der Waals surface area contributed by atoms with Crippen LogP contribution in [0.2, 0.25) is 0 Å². The molecular formula is C9H20N2O. The summed E-state index contributed by atoms with van der Waals surface area (Å²) in [7, 11) is 0. The van der Waals surface area contributed by atoms with E-state index in [2.05, 4.69) is 4.90 Å². The molecule has 2 N–H and O–H groups in total. The van der Waals surface area contributed by atoms with Crippen LogP contribution in [0.25, 0.3) is 0 Å². The second-order valence-corrected chi connectivity index (χ2v) is 2.94. The number of hydrogen-bond acceptors (Lipinski definition) is 3. The van der Waals surface area contributed by atoms with Gasteiger partial charge in [-0.15, -0.1) is 0 Å². The van der Waals surface area contributed by atoms with Gasteiger partial charge in [-0.05, 0) is 19.5 Å². The molecule has 0 bridgehead atoms. The molecule has 0 rings (SSSR count). The predicted octanol–water partition coefficient (Wildman–Crippen LogP) is 0.635.